The summed E-state index contributed by atoms with van der Waals surface area (Å²) < 4.78 is 0. The summed E-state index contributed by atoms with van der Waals surface area (Å²) in [6.45, 7) is 0. The van der Waals surface area contributed by atoms with Gasteiger partial charge in [-0.05, 0) is 0 Å². The predicted molar refractivity (Wildman–Crippen MR) is 6.87 cm³/mol. The fraction of sp³-hybridized carbons (Fsp3) is 0. The molecule has 5 heavy (non-hydrogen) atoms. The van der Waals surface area contributed by atoms with Crippen LogP contribution in [-0.4, -0.2) is 17.4 Å². The zero-order chi connectivity index (χ0) is 0. The Morgan fingerprint density at radius 1 is 0.800 bits per heavy atom. The minimum atomic E-state index is 0. The summed E-state index contributed by atoms with van der Waals surface area (Å²) >= 11 is 0. The quantitative estimate of drug-likeness (QED) is 0.326. The molecule has 0 aliphatic rings. The van der Waals surface area contributed by atoms with E-state index in [1.54, 1.807) is 0 Å². The molecule has 0 atom stereocenters. The average molecular weight is 182 g/mol. The molecule has 0 nitrogen and oxygen atoms in total. The van der Waals surface area contributed by atoms with Crippen molar-refractivity contribution < 1.29 is 60.4 Å². The van der Waals surface area contributed by atoms with Crippen LogP contribution in [0.4, 0.5) is 0 Å². The molecule has 0 aliphatic heterocycles. The van der Waals surface area contributed by atoms with Gasteiger partial charge in [-0.2, -0.15) is 0 Å². The Labute approximate surface area is 77.2 Å². The molecule has 0 saturated heterocycles. The van der Waals surface area contributed by atoms with Crippen molar-refractivity contribution >= 4 is 17.4 Å². The van der Waals surface area contributed by atoms with Crippen LogP contribution in [0.3, 0.4) is 0 Å². The van der Waals surface area contributed by atoms with Gasteiger partial charge < -0.3 is 38.6 Å². The van der Waals surface area contributed by atoms with Crippen molar-refractivity contribution in [1.29, 1.82) is 0 Å². The van der Waals surface area contributed by atoms with Gasteiger partial charge in [0.05, 0.1) is 0 Å². The third-order valence-corrected chi connectivity index (χ3v) is 0. The molecule has 26 valence electrons. The van der Waals surface area contributed by atoms with Gasteiger partial charge in [0, 0.05) is 0 Å². The van der Waals surface area contributed by atoms with E-state index in [9.17, 15) is 0 Å². The Bertz CT molecular complexity index is 10.8. The van der Waals surface area contributed by atoms with E-state index in [4.69, 9.17) is 0 Å². The minimum absolute atomic E-state index is 0. The molecule has 0 spiro atoms. The van der Waals surface area contributed by atoms with Crippen LogP contribution in [0.2, 0.25) is 0 Å². The maximum Gasteiger partial charge on any atom is 4.00 e. The molecule has 0 unspecified atom stereocenters. The smallest absolute Gasteiger partial charge is 1.00 e. The van der Waals surface area contributed by atoms with E-state index in [2.05, 4.69) is 0 Å². The Morgan fingerprint density at radius 2 is 0.800 bits per heavy atom. The summed E-state index contributed by atoms with van der Waals surface area (Å²) in [6.07, 6.45) is 0. The summed E-state index contributed by atoms with van der Waals surface area (Å²) in [5.74, 6) is 0. The summed E-state index contributed by atoms with van der Waals surface area (Å²) in [5, 5.41) is 0. The third kappa shape index (κ3) is 23.1. The topological polar surface area (TPSA) is 0 Å². The van der Waals surface area contributed by atoms with Crippen LogP contribution in [0, 0.1) is 0 Å². The Balaban J connectivity index is 0. The van der Waals surface area contributed by atoms with Gasteiger partial charge in [0.15, 0.2) is 0 Å². The van der Waals surface area contributed by atoms with Crippen LogP contribution >= 0.6 is 0 Å². The van der Waals surface area contributed by atoms with Crippen LogP contribution in [0.1, 0.15) is 1.43 Å². The van der Waals surface area contributed by atoms with Crippen LogP contribution in [0.5, 0.6) is 0 Å². The molecule has 0 aromatic carbocycles. The molecule has 0 saturated carbocycles. The average Bonchev–Trinajstić information content (AvgIpc) is 0. The first kappa shape index (κ1) is 59.4. The van der Waals surface area contributed by atoms with Crippen molar-refractivity contribution in [2.45, 2.75) is 0 Å². The monoisotopic (exact) mass is 181 g/mol. The van der Waals surface area contributed by atoms with E-state index in [1.807, 2.05) is 0 Å². The standard InChI is InChI=1S/Al.3ClH.Ti.H/h;3*1H;;/q+3;;;;+4;-1/p-3. The van der Waals surface area contributed by atoms with Crippen molar-refractivity contribution in [3.05, 3.63) is 0 Å². The maximum absolute atomic E-state index is 0. The summed E-state index contributed by atoms with van der Waals surface area (Å²) in [4.78, 5) is 0. The molecule has 0 aliphatic carbocycles. The molecule has 0 heterocycles. The van der Waals surface area contributed by atoms with Gasteiger partial charge in [-0.1, -0.05) is 0 Å². The summed E-state index contributed by atoms with van der Waals surface area (Å²) in [6, 6.07) is 0. The molecular weight excluding hydrogens is 181 g/mol. The van der Waals surface area contributed by atoms with E-state index >= 15 is 0 Å². The van der Waals surface area contributed by atoms with Gasteiger partial charge >= 0.3 is 39.1 Å². The molecule has 0 N–H and O–H groups in total. The van der Waals surface area contributed by atoms with Crippen LogP contribution in [0.25, 0.3) is 0 Å². The number of rotatable bonds is 0. The largest absolute Gasteiger partial charge is 4.00 e. The number of hydrogen-bond donors (Lipinski definition) is 0. The molecule has 0 fully saturated rings. The van der Waals surface area contributed by atoms with Crippen LogP contribution < -0.4 is 37.2 Å². The van der Waals surface area contributed by atoms with Gasteiger partial charge in [0.25, 0.3) is 0 Å². The van der Waals surface area contributed by atoms with Crippen LogP contribution in [0.15, 0.2) is 0 Å². The second-order valence-electron chi connectivity index (χ2n) is 0. The molecule has 0 bridgehead atoms. The van der Waals surface area contributed by atoms with Gasteiger partial charge in [-0.25, -0.2) is 0 Å². The first-order valence-corrected chi connectivity index (χ1v) is 0. The molecule has 0 aromatic rings. The van der Waals surface area contributed by atoms with E-state index in [0.29, 0.717) is 0 Å². The van der Waals surface area contributed by atoms with Gasteiger partial charge in [0.2, 0.25) is 0 Å². The van der Waals surface area contributed by atoms with E-state index in [1.165, 1.54) is 0 Å². The first-order chi connectivity index (χ1) is 0. The van der Waals surface area contributed by atoms with E-state index in [-0.39, 0.29) is 77.7 Å². The Morgan fingerprint density at radius 3 is 0.800 bits per heavy atom. The second-order valence-corrected chi connectivity index (χ2v) is 0. The molecular formula is HAlCl3Ti+3. The van der Waals surface area contributed by atoms with Crippen molar-refractivity contribution in [3.8, 4) is 0 Å². The predicted octanol–water partition coefficient (Wildman–Crippen LogP) is -9.26. The van der Waals surface area contributed by atoms with Crippen molar-refractivity contribution in [2.75, 3.05) is 0 Å². The zero-order valence-corrected chi connectivity index (χ0v) is 7.20. The number of halogens is 3. The Hall–Kier alpha value is 2.12. The fourth-order valence-electron chi connectivity index (χ4n) is 0. The Kier molecular flexibility index (Phi) is 425. The van der Waals surface area contributed by atoms with E-state index < -0.39 is 0 Å². The first-order valence-electron chi connectivity index (χ1n) is 0. The molecule has 0 radical (unpaired) electrons. The van der Waals surface area contributed by atoms with Gasteiger partial charge in [-0.15, -0.1) is 0 Å². The molecule has 0 amide bonds. The van der Waals surface area contributed by atoms with Crippen molar-refractivity contribution in [2.24, 2.45) is 0 Å². The minimum Gasteiger partial charge on any atom is -1.00 e. The van der Waals surface area contributed by atoms with Crippen molar-refractivity contribution in [1.82, 2.24) is 0 Å². The van der Waals surface area contributed by atoms with Crippen molar-refractivity contribution in [3.63, 3.8) is 0 Å². The van der Waals surface area contributed by atoms with Gasteiger partial charge in [0.1, 0.15) is 0 Å². The fourth-order valence-corrected chi connectivity index (χ4v) is 0. The SMILES string of the molecule is [Al+3].[Cl-].[Cl-].[Cl-].[H-].[Ti+4]. The number of hydrogen-bond acceptors (Lipinski definition) is 0. The molecule has 5 heteroatoms. The van der Waals surface area contributed by atoms with Crippen LogP contribution in [-0.2, 0) is 21.7 Å². The normalized spacial score (nSPS) is 0. The molecule has 0 rings (SSSR count). The van der Waals surface area contributed by atoms with Gasteiger partial charge in [-0.3, -0.25) is 0 Å². The third-order valence-electron chi connectivity index (χ3n) is 0. The molecule has 0 aromatic heterocycles. The maximum atomic E-state index is 0. The second kappa shape index (κ2) is 35.7. The zero-order valence-electron chi connectivity index (χ0n) is 3.21. The summed E-state index contributed by atoms with van der Waals surface area (Å²) in [7, 11) is 0. The van der Waals surface area contributed by atoms with E-state index in [0.717, 1.165) is 0 Å². The summed E-state index contributed by atoms with van der Waals surface area (Å²) in [5.41, 5.74) is 0.